The van der Waals surface area contributed by atoms with Gasteiger partial charge in [0.15, 0.2) is 0 Å². The van der Waals surface area contributed by atoms with E-state index in [2.05, 4.69) is 0 Å². The smallest absolute Gasteiger partial charge is 0.150 e. The number of nitrogens with two attached hydrogens (primary N) is 1. The summed E-state index contributed by atoms with van der Waals surface area (Å²) in [7, 11) is -2.84. The van der Waals surface area contributed by atoms with Crippen molar-refractivity contribution < 1.29 is 8.42 Å². The Hall–Kier alpha value is -0.0900. The molecule has 0 radical (unpaired) electrons. The van der Waals surface area contributed by atoms with E-state index in [0.29, 0.717) is 6.42 Å². The third-order valence-corrected chi connectivity index (χ3v) is 3.91. The van der Waals surface area contributed by atoms with Gasteiger partial charge in [-0.25, -0.2) is 8.42 Å². The fourth-order valence-electron chi connectivity index (χ4n) is 1.57. The minimum Gasteiger partial charge on any atom is -0.328 e. The van der Waals surface area contributed by atoms with Crippen LogP contribution >= 0.6 is 0 Å². The lowest BCUT2D eigenvalue weighted by atomic mass is 9.96. The first-order valence-electron chi connectivity index (χ1n) is 3.94. The van der Waals surface area contributed by atoms with Gasteiger partial charge in [0.25, 0.3) is 0 Å². The average Bonchev–Trinajstić information content (AvgIpc) is 1.86. The van der Waals surface area contributed by atoms with Crippen molar-refractivity contribution in [3.63, 3.8) is 0 Å². The Morgan fingerprint density at radius 1 is 1.36 bits per heavy atom. The molecule has 66 valence electrons. The first kappa shape index (κ1) is 9.00. The van der Waals surface area contributed by atoms with Crippen LogP contribution in [0.5, 0.6) is 0 Å². The van der Waals surface area contributed by atoms with Crippen molar-refractivity contribution in [3.8, 4) is 0 Å². The first-order valence-corrected chi connectivity index (χ1v) is 5.90. The highest BCUT2D eigenvalue weighted by atomic mass is 32.2. The van der Waals surface area contributed by atoms with E-state index in [4.69, 9.17) is 5.73 Å². The van der Waals surface area contributed by atoms with E-state index < -0.39 is 9.84 Å². The fraction of sp³-hybridized carbons (Fsp3) is 1.00. The molecule has 0 spiro atoms. The molecule has 3 nitrogen and oxygen atoms in total. The highest BCUT2D eigenvalue weighted by Crippen LogP contribution is 2.22. The molecule has 1 rings (SSSR count). The summed E-state index contributed by atoms with van der Waals surface area (Å²) in [6, 6.07) is 0.100. The molecule has 1 fully saturated rings. The van der Waals surface area contributed by atoms with Crippen molar-refractivity contribution in [1.29, 1.82) is 0 Å². The van der Waals surface area contributed by atoms with Crippen LogP contribution in [0.25, 0.3) is 0 Å². The lowest BCUT2D eigenvalue weighted by molar-refractivity contribution is 0.434. The third-order valence-electron chi connectivity index (χ3n) is 2.27. The zero-order chi connectivity index (χ0) is 8.48. The number of hydrogen-bond donors (Lipinski definition) is 1. The molecule has 0 amide bonds. The zero-order valence-electron chi connectivity index (χ0n) is 6.79. The van der Waals surface area contributed by atoms with Gasteiger partial charge in [-0.15, -0.1) is 0 Å². The minimum atomic E-state index is -2.84. The molecule has 0 aromatic rings. The summed E-state index contributed by atoms with van der Waals surface area (Å²) in [5.41, 5.74) is 5.66. The van der Waals surface area contributed by atoms with Crippen LogP contribution in [0, 0.1) is 0 Å². The van der Waals surface area contributed by atoms with Crippen molar-refractivity contribution in [3.05, 3.63) is 0 Å². The highest BCUT2D eigenvalue weighted by Gasteiger charge is 2.26. The first-order chi connectivity index (χ1) is 5.00. The van der Waals surface area contributed by atoms with Crippen molar-refractivity contribution in [1.82, 2.24) is 0 Å². The Kier molecular flexibility index (Phi) is 2.54. The number of sulfone groups is 1. The van der Waals surface area contributed by atoms with Gasteiger partial charge in [-0.2, -0.15) is 0 Å². The molecular formula is C7H15NO2S. The van der Waals surface area contributed by atoms with Crippen LogP contribution < -0.4 is 5.73 Å². The van der Waals surface area contributed by atoms with Gasteiger partial charge < -0.3 is 5.73 Å². The lowest BCUT2D eigenvalue weighted by Crippen LogP contribution is -2.34. The van der Waals surface area contributed by atoms with Gasteiger partial charge in [0.1, 0.15) is 9.84 Å². The molecule has 0 unspecified atom stereocenters. The van der Waals surface area contributed by atoms with Crippen molar-refractivity contribution in [2.45, 2.75) is 37.0 Å². The third kappa shape index (κ3) is 2.45. The van der Waals surface area contributed by atoms with Crippen LogP contribution in [-0.4, -0.2) is 26.0 Å². The SMILES string of the molecule is CS(=O)(=O)[C@H]1CCC[C@@H](N)C1. The van der Waals surface area contributed by atoms with Gasteiger partial charge in [0, 0.05) is 12.3 Å². The Morgan fingerprint density at radius 2 is 2.00 bits per heavy atom. The Labute approximate surface area is 67.9 Å². The summed E-state index contributed by atoms with van der Waals surface area (Å²) in [5.74, 6) is 0. The molecule has 0 aromatic heterocycles. The largest absolute Gasteiger partial charge is 0.328 e. The molecular weight excluding hydrogens is 162 g/mol. The summed E-state index contributed by atoms with van der Waals surface area (Å²) in [6.07, 6.45) is 4.69. The molecule has 11 heavy (non-hydrogen) atoms. The highest BCUT2D eigenvalue weighted by molar-refractivity contribution is 7.91. The maximum absolute atomic E-state index is 11.1. The maximum Gasteiger partial charge on any atom is 0.150 e. The molecule has 1 aliphatic carbocycles. The summed E-state index contributed by atoms with van der Waals surface area (Å²) in [5, 5.41) is -0.175. The standard InChI is InChI=1S/C7H15NO2S/c1-11(9,10)7-4-2-3-6(8)5-7/h6-7H,2-5,8H2,1H3/t6-,7+/m1/s1. The summed E-state index contributed by atoms with van der Waals surface area (Å²) < 4.78 is 22.2. The maximum atomic E-state index is 11.1. The molecule has 1 saturated carbocycles. The fourth-order valence-corrected chi connectivity index (χ4v) is 2.76. The van der Waals surface area contributed by atoms with Gasteiger partial charge in [-0.3, -0.25) is 0 Å². The summed E-state index contributed by atoms with van der Waals surface area (Å²) in [4.78, 5) is 0. The summed E-state index contributed by atoms with van der Waals surface area (Å²) >= 11 is 0. The van der Waals surface area contributed by atoms with Crippen LogP contribution in [-0.2, 0) is 9.84 Å². The van der Waals surface area contributed by atoms with Crippen LogP contribution in [0.2, 0.25) is 0 Å². The molecule has 0 bridgehead atoms. The quantitative estimate of drug-likeness (QED) is 0.626. The molecule has 0 heterocycles. The second-order valence-corrected chi connectivity index (χ2v) is 5.70. The predicted octanol–water partition coefficient (Wildman–Crippen LogP) is 0.301. The predicted molar refractivity (Wildman–Crippen MR) is 45.1 cm³/mol. The molecule has 2 atom stereocenters. The van der Waals surface area contributed by atoms with Crippen LogP contribution in [0.3, 0.4) is 0 Å². The minimum absolute atomic E-state index is 0.100. The number of rotatable bonds is 1. The lowest BCUT2D eigenvalue weighted by Gasteiger charge is -2.24. The monoisotopic (exact) mass is 177 g/mol. The second kappa shape index (κ2) is 3.11. The van der Waals surface area contributed by atoms with E-state index in [1.165, 1.54) is 6.26 Å². The van der Waals surface area contributed by atoms with Crippen LogP contribution in [0.4, 0.5) is 0 Å². The molecule has 0 saturated heterocycles. The van der Waals surface area contributed by atoms with Crippen molar-refractivity contribution >= 4 is 9.84 Å². The Morgan fingerprint density at radius 3 is 2.36 bits per heavy atom. The molecule has 1 aliphatic rings. The van der Waals surface area contributed by atoms with E-state index in [1.807, 2.05) is 0 Å². The topological polar surface area (TPSA) is 60.2 Å². The van der Waals surface area contributed by atoms with Crippen LogP contribution in [0.15, 0.2) is 0 Å². The molecule has 4 heteroatoms. The zero-order valence-corrected chi connectivity index (χ0v) is 7.60. The van der Waals surface area contributed by atoms with E-state index in [9.17, 15) is 8.42 Å². The second-order valence-electron chi connectivity index (χ2n) is 3.38. The van der Waals surface area contributed by atoms with Gasteiger partial charge in [-0.05, 0) is 19.3 Å². The summed E-state index contributed by atoms with van der Waals surface area (Å²) in [6.45, 7) is 0. The molecule has 0 aliphatic heterocycles. The van der Waals surface area contributed by atoms with Gasteiger partial charge in [-0.1, -0.05) is 6.42 Å². The van der Waals surface area contributed by atoms with Crippen LogP contribution in [0.1, 0.15) is 25.7 Å². The van der Waals surface area contributed by atoms with Crippen molar-refractivity contribution in [2.75, 3.05) is 6.26 Å². The molecule has 2 N–H and O–H groups in total. The van der Waals surface area contributed by atoms with Gasteiger partial charge in [0.2, 0.25) is 0 Å². The number of hydrogen-bond acceptors (Lipinski definition) is 3. The van der Waals surface area contributed by atoms with E-state index >= 15 is 0 Å². The Balaban J connectivity index is 2.60. The molecule has 0 aromatic carbocycles. The van der Waals surface area contributed by atoms with E-state index in [0.717, 1.165) is 19.3 Å². The van der Waals surface area contributed by atoms with E-state index in [-0.39, 0.29) is 11.3 Å². The van der Waals surface area contributed by atoms with Gasteiger partial charge in [0.05, 0.1) is 5.25 Å². The normalized spacial score (nSPS) is 33.6. The Bertz CT molecular complexity index is 223. The van der Waals surface area contributed by atoms with Crippen molar-refractivity contribution in [2.24, 2.45) is 5.73 Å². The average molecular weight is 177 g/mol. The van der Waals surface area contributed by atoms with E-state index in [1.54, 1.807) is 0 Å². The van der Waals surface area contributed by atoms with Gasteiger partial charge >= 0.3 is 0 Å².